The van der Waals surface area contributed by atoms with E-state index in [1.165, 1.54) is 16.8 Å². The summed E-state index contributed by atoms with van der Waals surface area (Å²) in [5.41, 5.74) is 10.6. The number of fused-ring (bicyclic) bond motifs is 1. The molecule has 2 aromatic rings. The summed E-state index contributed by atoms with van der Waals surface area (Å²) in [5.74, 6) is 0.992. The molecule has 1 aromatic carbocycles. The van der Waals surface area contributed by atoms with Gasteiger partial charge in [0.25, 0.3) is 0 Å². The van der Waals surface area contributed by atoms with Crippen molar-refractivity contribution in [3.8, 4) is 11.3 Å². The third-order valence-electron chi connectivity index (χ3n) is 3.59. The largest absolute Gasteiger partial charge is 0.356 e. The number of benzene rings is 1. The zero-order valence-electron chi connectivity index (χ0n) is 11.3. The molecule has 0 amide bonds. The third kappa shape index (κ3) is 2.24. The number of hydrogen-bond acceptors (Lipinski definition) is 3. The molecule has 1 aromatic heterocycles. The summed E-state index contributed by atoms with van der Waals surface area (Å²) in [6.07, 6.45) is 2.02. The summed E-state index contributed by atoms with van der Waals surface area (Å²) in [6.45, 7) is 4.81. The average Bonchev–Trinajstić information content (AvgIpc) is 2.79. The Hall–Kier alpha value is -1.81. The minimum atomic E-state index is 0.657. The van der Waals surface area contributed by atoms with Gasteiger partial charge in [0.2, 0.25) is 5.95 Å². The molecule has 0 spiro atoms. The van der Waals surface area contributed by atoms with Gasteiger partial charge in [-0.2, -0.15) is 0 Å². The van der Waals surface area contributed by atoms with Crippen molar-refractivity contribution in [3.63, 3.8) is 0 Å². The van der Waals surface area contributed by atoms with Crippen LogP contribution in [0.15, 0.2) is 24.3 Å². The van der Waals surface area contributed by atoms with Crippen molar-refractivity contribution in [1.29, 1.82) is 0 Å². The fourth-order valence-corrected chi connectivity index (χ4v) is 2.71. The first-order valence-corrected chi connectivity index (χ1v) is 6.90. The average molecular weight is 256 g/mol. The molecule has 0 atom stereocenters. The van der Waals surface area contributed by atoms with Gasteiger partial charge in [-0.05, 0) is 26.0 Å². The molecule has 0 saturated heterocycles. The first-order chi connectivity index (χ1) is 9.29. The van der Waals surface area contributed by atoms with E-state index in [1.807, 2.05) is 0 Å². The molecule has 19 heavy (non-hydrogen) atoms. The van der Waals surface area contributed by atoms with Crippen LogP contribution in [0, 0.1) is 6.92 Å². The Morgan fingerprint density at radius 1 is 1.42 bits per heavy atom. The summed E-state index contributed by atoms with van der Waals surface area (Å²) in [6, 6.07) is 8.51. The quantitative estimate of drug-likeness (QED) is 0.885. The van der Waals surface area contributed by atoms with E-state index in [0.29, 0.717) is 6.54 Å². The summed E-state index contributed by atoms with van der Waals surface area (Å²) in [7, 11) is 0. The van der Waals surface area contributed by atoms with Gasteiger partial charge in [-0.3, -0.25) is 0 Å². The second kappa shape index (κ2) is 5.05. The lowest BCUT2D eigenvalue weighted by molar-refractivity contribution is 0.603. The van der Waals surface area contributed by atoms with Crippen molar-refractivity contribution in [3.05, 3.63) is 35.5 Å². The van der Waals surface area contributed by atoms with Crippen molar-refractivity contribution < 1.29 is 0 Å². The van der Waals surface area contributed by atoms with Gasteiger partial charge in [0.15, 0.2) is 0 Å². The molecule has 0 bridgehead atoms. The number of nitrogens with two attached hydrogens (primary N) is 1. The van der Waals surface area contributed by atoms with Gasteiger partial charge < -0.3 is 15.6 Å². The second-order valence-corrected chi connectivity index (χ2v) is 5.07. The Kier molecular flexibility index (Phi) is 3.25. The number of nitrogens with zero attached hydrogens (tertiary/aromatic N) is 2. The molecular weight excluding hydrogens is 236 g/mol. The zero-order chi connectivity index (χ0) is 13.2. The van der Waals surface area contributed by atoms with Gasteiger partial charge in [0.1, 0.15) is 0 Å². The van der Waals surface area contributed by atoms with Crippen LogP contribution >= 0.6 is 0 Å². The smallest absolute Gasteiger partial charge is 0.203 e. The summed E-state index contributed by atoms with van der Waals surface area (Å²) >= 11 is 0. The standard InChI is InChI=1S/C15H20N4/c1-11-4-2-5-12(10-11)14-13(6-7-16)19-9-3-8-17-15(19)18-14/h2,4-5,10H,3,6-9,16H2,1H3,(H,17,18). The number of hydrogen-bond donors (Lipinski definition) is 2. The van der Waals surface area contributed by atoms with E-state index < -0.39 is 0 Å². The maximum Gasteiger partial charge on any atom is 0.203 e. The van der Waals surface area contributed by atoms with Crippen LogP contribution in [0.2, 0.25) is 0 Å². The number of aryl methyl sites for hydroxylation is 1. The van der Waals surface area contributed by atoms with Gasteiger partial charge >= 0.3 is 0 Å². The van der Waals surface area contributed by atoms with Crippen LogP contribution in [0.5, 0.6) is 0 Å². The van der Waals surface area contributed by atoms with Crippen molar-refractivity contribution in [2.45, 2.75) is 26.3 Å². The maximum atomic E-state index is 5.77. The Morgan fingerprint density at radius 2 is 2.32 bits per heavy atom. The number of imidazole rings is 1. The monoisotopic (exact) mass is 256 g/mol. The van der Waals surface area contributed by atoms with E-state index in [2.05, 4.69) is 41.1 Å². The number of rotatable bonds is 3. The zero-order valence-corrected chi connectivity index (χ0v) is 11.3. The second-order valence-electron chi connectivity index (χ2n) is 5.07. The van der Waals surface area contributed by atoms with Crippen LogP contribution < -0.4 is 11.1 Å². The molecule has 0 aliphatic carbocycles. The molecule has 4 nitrogen and oxygen atoms in total. The van der Waals surface area contributed by atoms with Crippen molar-refractivity contribution in [2.75, 3.05) is 18.4 Å². The highest BCUT2D eigenvalue weighted by molar-refractivity contribution is 5.65. The molecule has 100 valence electrons. The van der Waals surface area contributed by atoms with Gasteiger partial charge in [-0.25, -0.2) is 4.98 Å². The molecule has 1 aliphatic rings. The predicted molar refractivity (Wildman–Crippen MR) is 78.3 cm³/mol. The molecule has 0 saturated carbocycles. The van der Waals surface area contributed by atoms with E-state index in [4.69, 9.17) is 10.7 Å². The molecular formula is C15H20N4. The maximum absolute atomic E-state index is 5.77. The first-order valence-electron chi connectivity index (χ1n) is 6.90. The number of anilines is 1. The third-order valence-corrected chi connectivity index (χ3v) is 3.59. The molecule has 4 heteroatoms. The molecule has 1 aliphatic heterocycles. The normalized spacial score (nSPS) is 14.0. The SMILES string of the molecule is Cc1cccc(-c2nc3n(c2CCN)CCCN3)c1. The highest BCUT2D eigenvalue weighted by Gasteiger charge is 2.19. The van der Waals surface area contributed by atoms with Crippen LogP contribution in [-0.2, 0) is 13.0 Å². The molecule has 2 heterocycles. The topological polar surface area (TPSA) is 55.9 Å². The fraction of sp³-hybridized carbons (Fsp3) is 0.400. The first kappa shape index (κ1) is 12.2. The van der Waals surface area contributed by atoms with Crippen LogP contribution in [0.4, 0.5) is 5.95 Å². The van der Waals surface area contributed by atoms with E-state index in [0.717, 1.165) is 37.6 Å². The Morgan fingerprint density at radius 3 is 3.11 bits per heavy atom. The number of nitrogens with one attached hydrogen (secondary N) is 1. The van der Waals surface area contributed by atoms with E-state index in [1.54, 1.807) is 0 Å². The van der Waals surface area contributed by atoms with Crippen LogP contribution in [-0.4, -0.2) is 22.6 Å². The van der Waals surface area contributed by atoms with Crippen molar-refractivity contribution in [2.24, 2.45) is 5.73 Å². The predicted octanol–water partition coefficient (Wildman–Crippen LogP) is 2.18. The number of aromatic nitrogens is 2. The van der Waals surface area contributed by atoms with Crippen molar-refractivity contribution in [1.82, 2.24) is 9.55 Å². The lowest BCUT2D eigenvalue weighted by atomic mass is 10.1. The molecule has 3 N–H and O–H groups in total. The Labute approximate surface area is 113 Å². The molecule has 0 unspecified atom stereocenters. The minimum absolute atomic E-state index is 0.657. The summed E-state index contributed by atoms with van der Waals surface area (Å²) in [4.78, 5) is 4.78. The Bertz CT molecular complexity index is 586. The van der Waals surface area contributed by atoms with Gasteiger partial charge in [0.05, 0.1) is 5.69 Å². The van der Waals surface area contributed by atoms with E-state index in [9.17, 15) is 0 Å². The molecule has 3 rings (SSSR count). The Balaban J connectivity index is 2.12. The lowest BCUT2D eigenvalue weighted by Gasteiger charge is -2.17. The highest BCUT2D eigenvalue weighted by atomic mass is 15.2. The van der Waals surface area contributed by atoms with Crippen LogP contribution in [0.1, 0.15) is 17.7 Å². The van der Waals surface area contributed by atoms with Gasteiger partial charge in [0, 0.05) is 30.8 Å². The van der Waals surface area contributed by atoms with E-state index in [-0.39, 0.29) is 0 Å². The summed E-state index contributed by atoms with van der Waals surface area (Å²) in [5, 5.41) is 3.38. The van der Waals surface area contributed by atoms with Gasteiger partial charge in [-0.15, -0.1) is 0 Å². The van der Waals surface area contributed by atoms with Crippen LogP contribution in [0.25, 0.3) is 11.3 Å². The fourth-order valence-electron chi connectivity index (χ4n) is 2.71. The van der Waals surface area contributed by atoms with Crippen LogP contribution in [0.3, 0.4) is 0 Å². The highest BCUT2D eigenvalue weighted by Crippen LogP contribution is 2.29. The summed E-state index contributed by atoms with van der Waals surface area (Å²) < 4.78 is 2.29. The molecule has 0 fully saturated rings. The molecule has 0 radical (unpaired) electrons. The van der Waals surface area contributed by atoms with Crippen molar-refractivity contribution >= 4 is 5.95 Å². The van der Waals surface area contributed by atoms with E-state index >= 15 is 0 Å². The minimum Gasteiger partial charge on any atom is -0.356 e. The lowest BCUT2D eigenvalue weighted by Crippen LogP contribution is -2.19. The van der Waals surface area contributed by atoms with Gasteiger partial charge in [-0.1, -0.05) is 23.8 Å².